The van der Waals surface area contributed by atoms with Gasteiger partial charge in [-0.1, -0.05) is 18.2 Å². The number of nitrogens with one attached hydrogen (secondary N) is 1. The van der Waals surface area contributed by atoms with Crippen molar-refractivity contribution in [3.05, 3.63) is 69.9 Å². The van der Waals surface area contributed by atoms with Crippen LogP contribution in [0.15, 0.2) is 59.3 Å². The molecule has 1 aromatic carbocycles. The zero-order valence-electron chi connectivity index (χ0n) is 10.8. The molecule has 0 radical (unpaired) electrons. The van der Waals surface area contributed by atoms with Crippen molar-refractivity contribution in [1.82, 2.24) is 9.78 Å². The van der Waals surface area contributed by atoms with Crippen molar-refractivity contribution < 1.29 is 4.42 Å². The van der Waals surface area contributed by atoms with Crippen LogP contribution in [0.3, 0.4) is 0 Å². The number of furan rings is 1. The average Bonchev–Trinajstić information content (AvgIpc) is 3.10. The molecule has 0 bridgehead atoms. The van der Waals surface area contributed by atoms with E-state index in [-0.39, 0.29) is 0 Å². The molecule has 4 nitrogen and oxygen atoms in total. The number of rotatable bonds is 5. The van der Waals surface area contributed by atoms with Crippen molar-refractivity contribution >= 4 is 28.3 Å². The zero-order chi connectivity index (χ0) is 13.8. The molecule has 1 N–H and O–H groups in total. The van der Waals surface area contributed by atoms with E-state index in [0.29, 0.717) is 6.54 Å². The van der Waals surface area contributed by atoms with Crippen LogP contribution in [0.4, 0.5) is 5.69 Å². The third-order valence-electron chi connectivity index (χ3n) is 2.99. The molecule has 0 amide bonds. The van der Waals surface area contributed by atoms with Crippen molar-refractivity contribution in [2.24, 2.45) is 0 Å². The Bertz CT molecular complexity index is 676. The minimum atomic E-state index is 0.680. The summed E-state index contributed by atoms with van der Waals surface area (Å²) in [7, 11) is 0. The zero-order valence-corrected chi connectivity index (χ0v) is 12.9. The molecular weight excluding hydrogens is 365 g/mol. The summed E-state index contributed by atoms with van der Waals surface area (Å²) in [5.41, 5.74) is 2.31. The summed E-state index contributed by atoms with van der Waals surface area (Å²) in [6.45, 7) is 1.44. The van der Waals surface area contributed by atoms with Gasteiger partial charge in [0.25, 0.3) is 0 Å². The van der Waals surface area contributed by atoms with Gasteiger partial charge in [0.2, 0.25) is 0 Å². The summed E-state index contributed by atoms with van der Waals surface area (Å²) >= 11 is 2.17. The minimum absolute atomic E-state index is 0.680. The van der Waals surface area contributed by atoms with Crippen molar-refractivity contribution in [3.63, 3.8) is 0 Å². The van der Waals surface area contributed by atoms with Crippen molar-refractivity contribution in [3.8, 4) is 0 Å². The largest absolute Gasteiger partial charge is 0.454 e. The van der Waals surface area contributed by atoms with E-state index in [4.69, 9.17) is 4.42 Å². The molecule has 2 aromatic heterocycles. The molecule has 0 atom stereocenters. The summed E-state index contributed by atoms with van der Waals surface area (Å²) in [6, 6.07) is 14.1. The number of anilines is 1. The average molecular weight is 379 g/mol. The number of hydrogen-bond donors (Lipinski definition) is 1. The molecule has 0 saturated heterocycles. The van der Waals surface area contributed by atoms with Gasteiger partial charge in [-0.25, -0.2) is 0 Å². The molecular formula is C15H14IN3O. The lowest BCUT2D eigenvalue weighted by molar-refractivity contribution is 0.492. The SMILES string of the molecule is Ic1ccc(CNc2ccccc2Cn2cccn2)o1. The topological polar surface area (TPSA) is 43.0 Å². The van der Waals surface area contributed by atoms with Crippen LogP contribution in [0, 0.1) is 3.77 Å². The molecule has 0 aliphatic carbocycles. The van der Waals surface area contributed by atoms with Crippen molar-refractivity contribution in [2.75, 3.05) is 5.32 Å². The monoisotopic (exact) mass is 379 g/mol. The van der Waals surface area contributed by atoms with E-state index < -0.39 is 0 Å². The molecule has 0 fully saturated rings. The Morgan fingerprint density at radius 2 is 2.05 bits per heavy atom. The molecule has 0 aliphatic rings. The number of halogens is 1. The summed E-state index contributed by atoms with van der Waals surface area (Å²) in [5, 5.41) is 7.66. The summed E-state index contributed by atoms with van der Waals surface area (Å²) in [6.07, 6.45) is 3.76. The summed E-state index contributed by atoms with van der Waals surface area (Å²) in [5.74, 6) is 0.934. The van der Waals surface area contributed by atoms with E-state index in [2.05, 4.69) is 45.1 Å². The van der Waals surface area contributed by atoms with Crippen LogP contribution >= 0.6 is 22.6 Å². The van der Waals surface area contributed by atoms with Crippen molar-refractivity contribution in [1.29, 1.82) is 0 Å². The highest BCUT2D eigenvalue weighted by Gasteiger charge is 2.04. The van der Waals surface area contributed by atoms with Gasteiger partial charge in [-0.15, -0.1) is 0 Å². The lowest BCUT2D eigenvalue weighted by Crippen LogP contribution is -2.05. The number of aromatic nitrogens is 2. The Morgan fingerprint density at radius 1 is 1.15 bits per heavy atom. The maximum absolute atomic E-state index is 5.56. The molecule has 2 heterocycles. The van der Waals surface area contributed by atoms with Gasteiger partial charge in [0.1, 0.15) is 5.76 Å². The van der Waals surface area contributed by atoms with Crippen LogP contribution in [0.5, 0.6) is 0 Å². The van der Waals surface area contributed by atoms with E-state index >= 15 is 0 Å². The van der Waals surface area contributed by atoms with E-state index in [1.54, 1.807) is 6.20 Å². The first-order valence-corrected chi connectivity index (χ1v) is 7.42. The lowest BCUT2D eigenvalue weighted by atomic mass is 10.1. The normalized spacial score (nSPS) is 10.7. The molecule has 20 heavy (non-hydrogen) atoms. The van der Waals surface area contributed by atoms with Gasteiger partial charge in [-0.2, -0.15) is 5.10 Å². The molecule has 3 rings (SSSR count). The molecule has 3 aromatic rings. The predicted octanol–water partition coefficient (Wildman–Crippen LogP) is 3.74. The highest BCUT2D eigenvalue weighted by molar-refractivity contribution is 14.1. The third-order valence-corrected chi connectivity index (χ3v) is 3.57. The van der Waals surface area contributed by atoms with E-state index in [1.807, 2.05) is 41.2 Å². The van der Waals surface area contributed by atoms with Crippen LogP contribution < -0.4 is 5.32 Å². The number of hydrogen-bond acceptors (Lipinski definition) is 3. The summed E-state index contributed by atoms with van der Waals surface area (Å²) in [4.78, 5) is 0. The Labute approximate surface area is 130 Å². The second kappa shape index (κ2) is 6.13. The van der Waals surface area contributed by atoms with Gasteiger partial charge in [-0.3, -0.25) is 4.68 Å². The number of benzene rings is 1. The van der Waals surface area contributed by atoms with E-state index in [1.165, 1.54) is 5.56 Å². The fourth-order valence-electron chi connectivity index (χ4n) is 2.03. The Balaban J connectivity index is 1.72. The van der Waals surface area contributed by atoms with Crippen LogP contribution in [-0.2, 0) is 13.1 Å². The predicted molar refractivity (Wildman–Crippen MR) is 86.5 cm³/mol. The standard InChI is InChI=1S/C15H14IN3O/c16-15-7-6-13(20-15)10-17-14-5-2-1-4-12(14)11-19-9-3-8-18-19/h1-9,17H,10-11H2. The molecule has 0 saturated carbocycles. The van der Waals surface area contributed by atoms with Gasteiger partial charge in [0.15, 0.2) is 3.77 Å². The lowest BCUT2D eigenvalue weighted by Gasteiger charge is -2.11. The van der Waals surface area contributed by atoms with Crippen molar-refractivity contribution in [2.45, 2.75) is 13.1 Å². The Morgan fingerprint density at radius 3 is 2.80 bits per heavy atom. The Kier molecular flexibility index (Phi) is 4.05. The second-order valence-corrected chi connectivity index (χ2v) is 5.48. The number of para-hydroxylation sites is 1. The smallest absolute Gasteiger partial charge is 0.164 e. The molecule has 0 aliphatic heterocycles. The minimum Gasteiger partial charge on any atom is -0.454 e. The maximum atomic E-state index is 5.56. The van der Waals surface area contributed by atoms with Gasteiger partial charge < -0.3 is 9.73 Å². The molecule has 5 heteroatoms. The first kappa shape index (κ1) is 13.2. The van der Waals surface area contributed by atoms with Crippen LogP contribution in [0.25, 0.3) is 0 Å². The fourth-order valence-corrected chi connectivity index (χ4v) is 2.49. The van der Waals surface area contributed by atoms with Gasteiger partial charge in [-0.05, 0) is 52.4 Å². The number of nitrogens with zero attached hydrogens (tertiary/aromatic N) is 2. The molecule has 0 unspecified atom stereocenters. The van der Waals surface area contributed by atoms with Gasteiger partial charge in [0.05, 0.1) is 13.1 Å². The first-order valence-electron chi connectivity index (χ1n) is 6.35. The van der Waals surface area contributed by atoms with E-state index in [0.717, 1.165) is 21.8 Å². The first-order chi connectivity index (χ1) is 9.81. The highest BCUT2D eigenvalue weighted by atomic mass is 127. The molecule has 102 valence electrons. The van der Waals surface area contributed by atoms with Crippen LogP contribution in [-0.4, -0.2) is 9.78 Å². The van der Waals surface area contributed by atoms with Gasteiger partial charge in [0, 0.05) is 18.1 Å². The van der Waals surface area contributed by atoms with E-state index in [9.17, 15) is 0 Å². The van der Waals surface area contributed by atoms with Gasteiger partial charge >= 0.3 is 0 Å². The second-order valence-electron chi connectivity index (χ2n) is 4.42. The maximum Gasteiger partial charge on any atom is 0.164 e. The molecule has 0 spiro atoms. The summed E-state index contributed by atoms with van der Waals surface area (Å²) < 4.78 is 8.38. The third kappa shape index (κ3) is 3.22. The Hall–Kier alpha value is -1.76. The fraction of sp³-hybridized carbons (Fsp3) is 0.133. The quantitative estimate of drug-likeness (QED) is 0.687. The highest BCUT2D eigenvalue weighted by Crippen LogP contribution is 2.18. The van der Waals surface area contributed by atoms with Crippen LogP contribution in [0.1, 0.15) is 11.3 Å². The van der Waals surface area contributed by atoms with Crippen LogP contribution in [0.2, 0.25) is 0 Å².